The van der Waals surface area contributed by atoms with E-state index in [1.54, 1.807) is 0 Å². The van der Waals surface area contributed by atoms with Gasteiger partial charge in [0.1, 0.15) is 24.4 Å². The molecule has 0 N–H and O–H groups in total. The topological polar surface area (TPSA) is 36.9 Å². The van der Waals surface area contributed by atoms with Gasteiger partial charge in [0, 0.05) is 47.3 Å². The molecule has 4 heterocycles. The number of hydrogen-bond donors (Lipinski definition) is 0. The summed E-state index contributed by atoms with van der Waals surface area (Å²) in [5.74, 6) is 13.0. The Morgan fingerprint density at radius 3 is 0.708 bits per heavy atom. The Labute approximate surface area is 295 Å². The third kappa shape index (κ3) is 8.54. The van der Waals surface area contributed by atoms with Crippen molar-refractivity contribution in [2.24, 2.45) is 71.0 Å². The second kappa shape index (κ2) is 16.0. The van der Waals surface area contributed by atoms with E-state index in [9.17, 15) is 0 Å². The summed E-state index contributed by atoms with van der Waals surface area (Å²) in [6, 6.07) is 0. The Balaban J connectivity index is 0.000000125. The summed E-state index contributed by atoms with van der Waals surface area (Å²) >= 11 is 0. The maximum atomic E-state index is 5.75. The Morgan fingerprint density at radius 1 is 0.333 bits per heavy atom. The van der Waals surface area contributed by atoms with Crippen molar-refractivity contribution in [1.82, 2.24) is 0 Å². The average Bonchev–Trinajstić information content (AvgIpc) is 3.69. The van der Waals surface area contributed by atoms with E-state index in [0.717, 1.165) is 70.4 Å². The van der Waals surface area contributed by atoms with Crippen molar-refractivity contribution >= 4 is 0 Å². The van der Waals surface area contributed by atoms with Gasteiger partial charge in [-0.15, -0.1) is 0 Å². The van der Waals surface area contributed by atoms with Gasteiger partial charge in [-0.25, -0.2) is 0 Å². The molecule has 8 aliphatic rings. The summed E-state index contributed by atoms with van der Waals surface area (Å²) in [6.07, 6.45) is 17.8. The Kier molecular flexibility index (Phi) is 12.5. The molecule has 8 rings (SSSR count). The van der Waals surface area contributed by atoms with Crippen molar-refractivity contribution in [2.45, 2.75) is 157 Å². The van der Waals surface area contributed by atoms with Crippen LogP contribution in [0.3, 0.4) is 0 Å². The molecule has 0 unspecified atom stereocenters. The molecule has 4 nitrogen and oxygen atoms in total. The average molecular weight is 665 g/mol. The van der Waals surface area contributed by atoms with E-state index in [1.165, 1.54) is 77.0 Å². The molecule has 0 aromatic carbocycles. The molecule has 0 spiro atoms. The quantitative estimate of drug-likeness (QED) is 0.258. The van der Waals surface area contributed by atoms with E-state index < -0.39 is 0 Å². The van der Waals surface area contributed by atoms with Crippen molar-refractivity contribution in [3.05, 3.63) is 49.4 Å². The predicted molar refractivity (Wildman–Crippen MR) is 199 cm³/mol. The first-order valence-electron chi connectivity index (χ1n) is 20.1. The SMILES string of the molecule is C=C1O[C@@H]2C[C@H](C)CC[C@H]2[C@@H]1C.C=C1O[C@@H]2C[C@H](C)CC[C@H]2[C@H]1C.C=C1O[C@H]2C[C@H](C)CC[C@H]2[C@@H]1C.C=C1O[C@H]2C[C@H](C)CC[C@H]2[C@H]1C. The minimum Gasteiger partial charge on any atom is -0.495 e. The lowest BCUT2D eigenvalue weighted by Gasteiger charge is -2.29. The van der Waals surface area contributed by atoms with Gasteiger partial charge in [-0.05, 0) is 75.0 Å². The van der Waals surface area contributed by atoms with Gasteiger partial charge in [-0.2, -0.15) is 0 Å². The molecule has 0 aromatic heterocycles. The predicted octanol–water partition coefficient (Wildman–Crippen LogP) is 11.9. The summed E-state index contributed by atoms with van der Waals surface area (Å²) in [5, 5.41) is 0. The van der Waals surface area contributed by atoms with Crippen molar-refractivity contribution in [3.63, 3.8) is 0 Å². The van der Waals surface area contributed by atoms with Crippen LogP contribution in [0.5, 0.6) is 0 Å². The van der Waals surface area contributed by atoms with E-state index in [2.05, 4.69) is 81.7 Å². The van der Waals surface area contributed by atoms with Crippen molar-refractivity contribution in [1.29, 1.82) is 0 Å². The van der Waals surface area contributed by atoms with Crippen LogP contribution >= 0.6 is 0 Å². The molecule has 0 amide bonds. The van der Waals surface area contributed by atoms with Gasteiger partial charge in [0.05, 0.1) is 23.0 Å². The molecule has 0 radical (unpaired) electrons. The van der Waals surface area contributed by atoms with Gasteiger partial charge in [0.2, 0.25) is 0 Å². The fraction of sp³-hybridized carbons (Fsp3) is 0.818. The lowest BCUT2D eigenvalue weighted by Crippen LogP contribution is -2.27. The molecule has 4 saturated heterocycles. The molecule has 8 fully saturated rings. The molecule has 0 aromatic rings. The second-order valence-electron chi connectivity index (χ2n) is 18.0. The molecule has 0 bridgehead atoms. The number of rotatable bonds is 0. The molecule has 4 aliphatic heterocycles. The highest BCUT2D eigenvalue weighted by molar-refractivity contribution is 5.06. The molecule has 4 aliphatic carbocycles. The summed E-state index contributed by atoms with van der Waals surface area (Å²) < 4.78 is 23.0. The number of fused-ring (bicyclic) bond motifs is 4. The van der Waals surface area contributed by atoms with Crippen LogP contribution in [0, 0.1) is 71.0 Å². The largest absolute Gasteiger partial charge is 0.495 e. The van der Waals surface area contributed by atoms with Gasteiger partial charge in [0.15, 0.2) is 0 Å². The van der Waals surface area contributed by atoms with E-state index in [1.807, 2.05) is 0 Å². The maximum absolute atomic E-state index is 5.75. The van der Waals surface area contributed by atoms with Crippen LogP contribution in [-0.4, -0.2) is 24.4 Å². The Bertz CT molecular complexity index is 965. The zero-order chi connectivity index (χ0) is 34.9. The normalized spacial score (nSPS) is 47.0. The zero-order valence-corrected chi connectivity index (χ0v) is 32.2. The minimum absolute atomic E-state index is 0.497. The van der Waals surface area contributed by atoms with Crippen molar-refractivity contribution in [3.8, 4) is 0 Å². The summed E-state index contributed by atoms with van der Waals surface area (Å²) in [4.78, 5) is 0. The third-order valence-corrected chi connectivity index (χ3v) is 14.2. The van der Waals surface area contributed by atoms with Gasteiger partial charge in [-0.3, -0.25) is 0 Å². The van der Waals surface area contributed by atoms with E-state index in [0.29, 0.717) is 48.1 Å². The first-order chi connectivity index (χ1) is 22.7. The number of hydrogen-bond acceptors (Lipinski definition) is 4. The molecular weight excluding hydrogens is 592 g/mol. The zero-order valence-electron chi connectivity index (χ0n) is 32.2. The first-order valence-corrected chi connectivity index (χ1v) is 20.1. The molecule has 48 heavy (non-hydrogen) atoms. The van der Waals surface area contributed by atoms with Crippen LogP contribution < -0.4 is 0 Å². The van der Waals surface area contributed by atoms with Crippen LogP contribution in [0.15, 0.2) is 49.4 Å². The van der Waals surface area contributed by atoms with Crippen molar-refractivity contribution < 1.29 is 18.9 Å². The molecule has 272 valence electrons. The molecular formula is C44H72O4. The highest BCUT2D eigenvalue weighted by atomic mass is 16.5. The van der Waals surface area contributed by atoms with Crippen LogP contribution in [-0.2, 0) is 18.9 Å². The summed E-state index contributed by atoms with van der Waals surface area (Å²) in [7, 11) is 0. The van der Waals surface area contributed by atoms with Crippen LogP contribution in [0.2, 0.25) is 0 Å². The fourth-order valence-electron chi connectivity index (χ4n) is 10.4. The highest BCUT2D eigenvalue weighted by Gasteiger charge is 2.43. The van der Waals surface area contributed by atoms with Crippen LogP contribution in [0.25, 0.3) is 0 Å². The lowest BCUT2D eigenvalue weighted by atomic mass is 9.76. The van der Waals surface area contributed by atoms with E-state index >= 15 is 0 Å². The maximum Gasteiger partial charge on any atom is 0.102 e. The van der Waals surface area contributed by atoms with Gasteiger partial charge in [0.25, 0.3) is 0 Å². The minimum atomic E-state index is 0.497. The van der Waals surface area contributed by atoms with Gasteiger partial charge >= 0.3 is 0 Å². The molecule has 4 heteroatoms. The second-order valence-corrected chi connectivity index (χ2v) is 18.0. The number of allylic oxidation sites excluding steroid dienone is 4. The third-order valence-electron chi connectivity index (χ3n) is 14.2. The standard InChI is InChI=1S/4C11H18O/c4*1-7-4-5-10-8(2)9(3)12-11(10)6-7/h4*7-8,10-11H,3-6H2,1-2H3/t7-,8+,10+,11+;7-,8+,10+,11-;7-,8-,10+,11+;7-,8-,10+,11-/m1111/s1. The van der Waals surface area contributed by atoms with Crippen LogP contribution in [0.1, 0.15) is 132 Å². The Hall–Kier alpha value is -1.84. The van der Waals surface area contributed by atoms with Gasteiger partial charge in [-0.1, -0.05) is 107 Å². The highest BCUT2D eigenvalue weighted by Crippen LogP contribution is 2.47. The monoisotopic (exact) mass is 665 g/mol. The summed E-state index contributed by atoms with van der Waals surface area (Å²) in [5.41, 5.74) is 0. The van der Waals surface area contributed by atoms with Gasteiger partial charge < -0.3 is 18.9 Å². The smallest absolute Gasteiger partial charge is 0.102 e. The van der Waals surface area contributed by atoms with E-state index in [-0.39, 0.29) is 0 Å². The Morgan fingerprint density at radius 2 is 0.521 bits per heavy atom. The van der Waals surface area contributed by atoms with Crippen molar-refractivity contribution in [2.75, 3.05) is 0 Å². The lowest BCUT2D eigenvalue weighted by molar-refractivity contribution is 0.0750. The van der Waals surface area contributed by atoms with E-state index in [4.69, 9.17) is 18.9 Å². The molecule has 16 atom stereocenters. The summed E-state index contributed by atoms with van der Waals surface area (Å²) in [6.45, 7) is 34.2. The molecule has 4 saturated carbocycles. The first kappa shape index (κ1) is 37.4. The fourth-order valence-corrected chi connectivity index (χ4v) is 10.4. The number of ether oxygens (including phenoxy) is 4. The van der Waals surface area contributed by atoms with Crippen LogP contribution in [0.4, 0.5) is 0 Å².